The van der Waals surface area contributed by atoms with Gasteiger partial charge in [-0.1, -0.05) is 18.2 Å². The summed E-state index contributed by atoms with van der Waals surface area (Å²) in [5.74, 6) is 0.137. The topological polar surface area (TPSA) is 51.2 Å². The third-order valence-electron chi connectivity index (χ3n) is 1.55. The van der Waals surface area contributed by atoms with Crippen molar-refractivity contribution in [1.82, 2.24) is 10.3 Å². The maximum atomic E-state index is 10.8. The molecule has 15 heavy (non-hydrogen) atoms. The Hall–Kier alpha value is -1.55. The highest BCUT2D eigenvalue weighted by atomic mass is 35.5. The van der Waals surface area contributed by atoms with E-state index in [9.17, 15) is 4.79 Å². The molecule has 0 aromatic carbocycles. The van der Waals surface area contributed by atoms with Crippen molar-refractivity contribution < 1.29 is 9.53 Å². The monoisotopic (exact) mass is 226 g/mol. The van der Waals surface area contributed by atoms with Gasteiger partial charge in [-0.15, -0.1) is 0 Å². The van der Waals surface area contributed by atoms with Crippen LogP contribution in [-0.2, 0) is 4.79 Å². The first-order valence-corrected chi connectivity index (χ1v) is 4.75. The van der Waals surface area contributed by atoms with Crippen molar-refractivity contribution in [2.75, 3.05) is 13.2 Å². The molecule has 80 valence electrons. The molecule has 0 bridgehead atoms. The molecule has 1 aromatic rings. The molecule has 0 radical (unpaired) electrons. The van der Waals surface area contributed by atoms with Crippen LogP contribution in [0.3, 0.4) is 0 Å². The Bertz CT molecular complexity index is 355. The summed E-state index contributed by atoms with van der Waals surface area (Å²) in [5.41, 5.74) is 0. The van der Waals surface area contributed by atoms with Crippen molar-refractivity contribution >= 4 is 17.5 Å². The van der Waals surface area contributed by atoms with Crippen LogP contribution in [0.1, 0.15) is 0 Å². The fraction of sp³-hybridized carbons (Fsp3) is 0.200. The van der Waals surface area contributed by atoms with E-state index in [1.54, 1.807) is 18.3 Å². The summed E-state index contributed by atoms with van der Waals surface area (Å²) < 4.78 is 5.24. The highest BCUT2D eigenvalue weighted by Crippen LogP contribution is 2.19. The minimum atomic E-state index is -0.231. The standard InChI is InChI=1S/C10H11ClN2O2/c1-2-9(14)12-6-7-15-10-8(11)4-3-5-13-10/h2-5H,1,6-7H2,(H,12,14). The summed E-state index contributed by atoms with van der Waals surface area (Å²) in [7, 11) is 0. The second-order valence-corrected chi connectivity index (χ2v) is 3.04. The Morgan fingerprint density at radius 1 is 1.73 bits per heavy atom. The number of carbonyl (C=O) groups excluding carboxylic acids is 1. The predicted molar refractivity (Wildman–Crippen MR) is 57.9 cm³/mol. The van der Waals surface area contributed by atoms with Gasteiger partial charge in [0.15, 0.2) is 0 Å². The van der Waals surface area contributed by atoms with Crippen molar-refractivity contribution in [2.45, 2.75) is 0 Å². The van der Waals surface area contributed by atoms with Gasteiger partial charge in [-0.25, -0.2) is 4.98 Å². The van der Waals surface area contributed by atoms with Crippen molar-refractivity contribution in [1.29, 1.82) is 0 Å². The summed E-state index contributed by atoms with van der Waals surface area (Å²) in [6.07, 6.45) is 2.79. The van der Waals surface area contributed by atoms with E-state index in [0.29, 0.717) is 24.1 Å². The van der Waals surface area contributed by atoms with E-state index in [0.717, 1.165) is 0 Å². The summed E-state index contributed by atoms with van der Waals surface area (Å²) in [6, 6.07) is 3.40. The molecule has 0 aliphatic carbocycles. The molecule has 0 atom stereocenters. The Morgan fingerprint density at radius 3 is 3.20 bits per heavy atom. The molecular formula is C10H11ClN2O2. The average Bonchev–Trinajstić information content (AvgIpc) is 2.26. The van der Waals surface area contributed by atoms with Crippen LogP contribution >= 0.6 is 11.6 Å². The number of nitrogens with zero attached hydrogens (tertiary/aromatic N) is 1. The molecule has 0 unspecified atom stereocenters. The summed E-state index contributed by atoms with van der Waals surface area (Å²) >= 11 is 5.80. The largest absolute Gasteiger partial charge is 0.475 e. The van der Waals surface area contributed by atoms with Crippen LogP contribution in [0, 0.1) is 0 Å². The van der Waals surface area contributed by atoms with Gasteiger partial charge in [-0.3, -0.25) is 4.79 Å². The number of nitrogens with one attached hydrogen (secondary N) is 1. The van der Waals surface area contributed by atoms with E-state index in [1.165, 1.54) is 6.08 Å². The fourth-order valence-corrected chi connectivity index (χ4v) is 1.05. The molecule has 0 saturated heterocycles. The number of carbonyl (C=O) groups is 1. The minimum absolute atomic E-state index is 0.231. The highest BCUT2D eigenvalue weighted by Gasteiger charge is 2.00. The summed E-state index contributed by atoms with van der Waals surface area (Å²) in [4.78, 5) is 14.7. The molecule has 1 heterocycles. The van der Waals surface area contributed by atoms with Gasteiger partial charge < -0.3 is 10.1 Å². The second kappa shape index (κ2) is 6.03. The number of ether oxygens (including phenoxy) is 1. The van der Waals surface area contributed by atoms with Gasteiger partial charge in [0.25, 0.3) is 0 Å². The normalized spacial score (nSPS) is 9.40. The summed E-state index contributed by atoms with van der Waals surface area (Å²) in [5, 5.41) is 3.02. The summed E-state index contributed by atoms with van der Waals surface area (Å²) in [6.45, 7) is 4.03. The Kier molecular flexibility index (Phi) is 4.63. The average molecular weight is 227 g/mol. The fourth-order valence-electron chi connectivity index (χ4n) is 0.872. The molecule has 0 aliphatic rings. The van der Waals surface area contributed by atoms with Crippen molar-refractivity contribution in [2.24, 2.45) is 0 Å². The SMILES string of the molecule is C=CC(=O)NCCOc1ncccc1Cl. The number of hydrogen-bond acceptors (Lipinski definition) is 3. The van der Waals surface area contributed by atoms with Gasteiger partial charge in [-0.2, -0.15) is 0 Å². The number of aromatic nitrogens is 1. The van der Waals surface area contributed by atoms with E-state index < -0.39 is 0 Å². The third kappa shape index (κ3) is 3.99. The van der Waals surface area contributed by atoms with Gasteiger partial charge >= 0.3 is 0 Å². The molecule has 0 fully saturated rings. The van der Waals surface area contributed by atoms with Gasteiger partial charge in [0.2, 0.25) is 11.8 Å². The molecular weight excluding hydrogens is 216 g/mol. The number of hydrogen-bond donors (Lipinski definition) is 1. The van der Waals surface area contributed by atoms with Crippen LogP contribution in [0.15, 0.2) is 31.0 Å². The smallest absolute Gasteiger partial charge is 0.243 e. The lowest BCUT2D eigenvalue weighted by Gasteiger charge is -2.06. The van der Waals surface area contributed by atoms with Crippen LogP contribution < -0.4 is 10.1 Å². The molecule has 4 nitrogen and oxygen atoms in total. The lowest BCUT2D eigenvalue weighted by Crippen LogP contribution is -2.26. The molecule has 0 saturated carbocycles. The van der Waals surface area contributed by atoms with Gasteiger partial charge in [0, 0.05) is 6.20 Å². The first kappa shape index (κ1) is 11.5. The molecule has 1 rings (SSSR count). The van der Waals surface area contributed by atoms with E-state index >= 15 is 0 Å². The number of rotatable bonds is 5. The second-order valence-electron chi connectivity index (χ2n) is 2.63. The molecule has 0 spiro atoms. The van der Waals surface area contributed by atoms with E-state index in [4.69, 9.17) is 16.3 Å². The Balaban J connectivity index is 2.29. The number of pyridine rings is 1. The molecule has 1 amide bonds. The quantitative estimate of drug-likeness (QED) is 0.610. The van der Waals surface area contributed by atoms with Crippen LogP contribution in [0.5, 0.6) is 5.88 Å². The number of halogens is 1. The number of amides is 1. The van der Waals surface area contributed by atoms with Crippen LogP contribution in [0.2, 0.25) is 5.02 Å². The van der Waals surface area contributed by atoms with E-state index in [-0.39, 0.29) is 5.91 Å². The Labute approximate surface area is 92.9 Å². The van der Waals surface area contributed by atoms with Gasteiger partial charge in [0.1, 0.15) is 11.6 Å². The maximum Gasteiger partial charge on any atom is 0.243 e. The minimum Gasteiger partial charge on any atom is -0.475 e. The van der Waals surface area contributed by atoms with Crippen molar-refractivity contribution in [3.63, 3.8) is 0 Å². The van der Waals surface area contributed by atoms with Crippen LogP contribution in [0.4, 0.5) is 0 Å². The van der Waals surface area contributed by atoms with Crippen molar-refractivity contribution in [3.8, 4) is 5.88 Å². The van der Waals surface area contributed by atoms with Gasteiger partial charge in [-0.05, 0) is 18.2 Å². The predicted octanol–water partition coefficient (Wildman–Crippen LogP) is 1.42. The zero-order valence-electron chi connectivity index (χ0n) is 8.07. The van der Waals surface area contributed by atoms with Crippen molar-refractivity contribution in [3.05, 3.63) is 36.0 Å². The Morgan fingerprint density at radius 2 is 2.53 bits per heavy atom. The maximum absolute atomic E-state index is 10.8. The molecule has 1 N–H and O–H groups in total. The third-order valence-corrected chi connectivity index (χ3v) is 1.84. The first-order valence-electron chi connectivity index (χ1n) is 4.37. The van der Waals surface area contributed by atoms with E-state index in [2.05, 4.69) is 16.9 Å². The zero-order valence-corrected chi connectivity index (χ0v) is 8.83. The lowest BCUT2D eigenvalue weighted by atomic mass is 10.5. The van der Waals surface area contributed by atoms with Crippen LogP contribution in [0.25, 0.3) is 0 Å². The highest BCUT2D eigenvalue weighted by molar-refractivity contribution is 6.31. The molecule has 1 aromatic heterocycles. The molecule has 0 aliphatic heterocycles. The van der Waals surface area contributed by atoms with Gasteiger partial charge in [0.05, 0.1) is 6.54 Å². The molecule has 5 heteroatoms. The van der Waals surface area contributed by atoms with E-state index in [1.807, 2.05) is 0 Å². The van der Waals surface area contributed by atoms with Crippen LogP contribution in [-0.4, -0.2) is 24.0 Å². The lowest BCUT2D eigenvalue weighted by molar-refractivity contribution is -0.116. The zero-order chi connectivity index (χ0) is 11.1. The first-order chi connectivity index (χ1) is 7.24.